The largest absolute Gasteiger partial charge is 0.348 e. The van der Waals surface area contributed by atoms with Gasteiger partial charge in [0.05, 0.1) is 13.2 Å². The van der Waals surface area contributed by atoms with Crippen LogP contribution < -0.4 is 5.73 Å². The normalized spacial score (nSPS) is 34.9. The Balaban J connectivity index is 2.08. The second-order valence-electron chi connectivity index (χ2n) is 5.23. The summed E-state index contributed by atoms with van der Waals surface area (Å²) in [5, 5.41) is 0. The molecule has 3 heteroatoms. The molecule has 1 saturated carbocycles. The van der Waals surface area contributed by atoms with Crippen LogP contribution in [-0.2, 0) is 9.47 Å². The Morgan fingerprint density at radius 2 is 1.86 bits per heavy atom. The highest BCUT2D eigenvalue weighted by atomic mass is 16.7. The molecule has 0 unspecified atom stereocenters. The monoisotopic (exact) mass is 199 g/mol. The third kappa shape index (κ3) is 1.69. The molecule has 1 aliphatic heterocycles. The molecule has 0 aromatic heterocycles. The van der Waals surface area contributed by atoms with Crippen molar-refractivity contribution in [3.63, 3.8) is 0 Å². The molecule has 2 aliphatic rings. The highest BCUT2D eigenvalue weighted by molar-refractivity contribution is 4.92. The molecule has 0 aromatic carbocycles. The molecule has 1 atom stereocenters. The fourth-order valence-electron chi connectivity index (χ4n) is 2.63. The van der Waals surface area contributed by atoms with Crippen LogP contribution in [0.5, 0.6) is 0 Å². The van der Waals surface area contributed by atoms with Crippen molar-refractivity contribution in [2.45, 2.75) is 38.9 Å². The number of rotatable bonds is 1. The van der Waals surface area contributed by atoms with Crippen molar-refractivity contribution in [3.8, 4) is 0 Å². The summed E-state index contributed by atoms with van der Waals surface area (Å²) in [5.74, 6) is 0.244. The maximum atomic E-state index is 5.82. The van der Waals surface area contributed by atoms with Gasteiger partial charge in [0.2, 0.25) is 0 Å². The SMILES string of the molecule is CC1(C)CCC2(C[C@H]1CN)OCCO2. The van der Waals surface area contributed by atoms with Crippen LogP contribution in [0.3, 0.4) is 0 Å². The summed E-state index contributed by atoms with van der Waals surface area (Å²) >= 11 is 0. The molecule has 1 aliphatic carbocycles. The van der Waals surface area contributed by atoms with Crippen LogP contribution in [0.15, 0.2) is 0 Å². The first-order valence-electron chi connectivity index (χ1n) is 5.56. The van der Waals surface area contributed by atoms with Gasteiger partial charge in [-0.2, -0.15) is 0 Å². The summed E-state index contributed by atoms with van der Waals surface area (Å²) in [6.45, 7) is 6.83. The molecule has 1 saturated heterocycles. The van der Waals surface area contributed by atoms with Crippen LogP contribution in [0.1, 0.15) is 33.1 Å². The van der Waals surface area contributed by atoms with Gasteiger partial charge in [0, 0.05) is 12.8 Å². The lowest BCUT2D eigenvalue weighted by Gasteiger charge is -2.45. The Labute approximate surface area is 85.9 Å². The lowest BCUT2D eigenvalue weighted by molar-refractivity contribution is -0.203. The molecule has 82 valence electrons. The van der Waals surface area contributed by atoms with Crippen LogP contribution in [0.25, 0.3) is 0 Å². The van der Waals surface area contributed by atoms with E-state index in [1.54, 1.807) is 0 Å². The van der Waals surface area contributed by atoms with Gasteiger partial charge in [0.25, 0.3) is 0 Å². The fourth-order valence-corrected chi connectivity index (χ4v) is 2.63. The smallest absolute Gasteiger partial charge is 0.168 e. The van der Waals surface area contributed by atoms with E-state index in [1.807, 2.05) is 0 Å². The molecule has 0 aromatic rings. The molecule has 0 amide bonds. The summed E-state index contributed by atoms with van der Waals surface area (Å²) < 4.78 is 11.5. The van der Waals surface area contributed by atoms with Gasteiger partial charge in [0.1, 0.15) is 0 Å². The Kier molecular flexibility index (Phi) is 2.58. The second kappa shape index (κ2) is 3.47. The van der Waals surface area contributed by atoms with Gasteiger partial charge >= 0.3 is 0 Å². The zero-order chi connectivity index (χ0) is 10.2. The Morgan fingerprint density at radius 1 is 1.21 bits per heavy atom. The van der Waals surface area contributed by atoms with Crippen molar-refractivity contribution >= 4 is 0 Å². The number of hydrogen-bond acceptors (Lipinski definition) is 3. The van der Waals surface area contributed by atoms with Gasteiger partial charge in [-0.3, -0.25) is 0 Å². The lowest BCUT2D eigenvalue weighted by atomic mass is 9.67. The topological polar surface area (TPSA) is 44.5 Å². The van der Waals surface area contributed by atoms with E-state index in [4.69, 9.17) is 15.2 Å². The van der Waals surface area contributed by atoms with Crippen molar-refractivity contribution in [1.82, 2.24) is 0 Å². The van der Waals surface area contributed by atoms with Gasteiger partial charge in [-0.1, -0.05) is 13.8 Å². The highest BCUT2D eigenvalue weighted by Crippen LogP contribution is 2.47. The van der Waals surface area contributed by atoms with Gasteiger partial charge in [0.15, 0.2) is 5.79 Å². The Hall–Kier alpha value is -0.120. The quantitative estimate of drug-likeness (QED) is 0.696. The molecule has 2 N–H and O–H groups in total. The average molecular weight is 199 g/mol. The molecule has 1 spiro atoms. The zero-order valence-electron chi connectivity index (χ0n) is 9.21. The minimum absolute atomic E-state index is 0.278. The van der Waals surface area contributed by atoms with Gasteiger partial charge in [-0.05, 0) is 24.3 Å². The lowest BCUT2D eigenvalue weighted by Crippen LogP contribution is -2.46. The van der Waals surface area contributed by atoms with Gasteiger partial charge in [-0.25, -0.2) is 0 Å². The average Bonchev–Trinajstić information content (AvgIpc) is 2.59. The van der Waals surface area contributed by atoms with Crippen molar-refractivity contribution < 1.29 is 9.47 Å². The molecule has 0 bridgehead atoms. The predicted octanol–water partition coefficient (Wildman–Crippen LogP) is 1.51. The predicted molar refractivity (Wildman–Crippen MR) is 54.8 cm³/mol. The maximum Gasteiger partial charge on any atom is 0.168 e. The fraction of sp³-hybridized carbons (Fsp3) is 1.00. The molecule has 0 radical (unpaired) electrons. The number of nitrogens with two attached hydrogens (primary N) is 1. The van der Waals surface area contributed by atoms with E-state index in [-0.39, 0.29) is 5.79 Å². The molecule has 1 heterocycles. The Bertz CT molecular complexity index is 209. The van der Waals surface area contributed by atoms with E-state index < -0.39 is 0 Å². The first kappa shape index (κ1) is 10.4. The van der Waals surface area contributed by atoms with Crippen LogP contribution in [0, 0.1) is 11.3 Å². The van der Waals surface area contributed by atoms with Gasteiger partial charge in [-0.15, -0.1) is 0 Å². The molecular formula is C11H21NO2. The van der Waals surface area contributed by atoms with Crippen molar-refractivity contribution in [3.05, 3.63) is 0 Å². The third-order valence-electron chi connectivity index (χ3n) is 3.91. The third-order valence-corrected chi connectivity index (χ3v) is 3.91. The van der Waals surface area contributed by atoms with E-state index >= 15 is 0 Å². The standard InChI is InChI=1S/C11H21NO2/c1-10(2)3-4-11(7-9(10)8-12)13-5-6-14-11/h9H,3-8,12H2,1-2H3/t9-/m0/s1. The first-order chi connectivity index (χ1) is 6.58. The van der Waals surface area contributed by atoms with Gasteiger partial charge < -0.3 is 15.2 Å². The summed E-state index contributed by atoms with van der Waals surface area (Å²) in [6.07, 6.45) is 3.14. The van der Waals surface area contributed by atoms with Crippen molar-refractivity contribution in [2.75, 3.05) is 19.8 Å². The van der Waals surface area contributed by atoms with E-state index in [0.29, 0.717) is 11.3 Å². The molecule has 14 heavy (non-hydrogen) atoms. The maximum absolute atomic E-state index is 5.82. The minimum atomic E-state index is -0.278. The van der Waals surface area contributed by atoms with Crippen molar-refractivity contribution in [1.29, 1.82) is 0 Å². The molecule has 2 fully saturated rings. The van der Waals surface area contributed by atoms with Crippen LogP contribution in [0.4, 0.5) is 0 Å². The molecular weight excluding hydrogens is 178 g/mol. The van der Waals surface area contributed by atoms with Crippen LogP contribution in [-0.4, -0.2) is 25.5 Å². The summed E-state index contributed by atoms with van der Waals surface area (Å²) in [4.78, 5) is 0. The highest BCUT2D eigenvalue weighted by Gasteiger charge is 2.47. The summed E-state index contributed by atoms with van der Waals surface area (Å²) in [5.41, 5.74) is 6.16. The van der Waals surface area contributed by atoms with E-state index in [1.165, 1.54) is 0 Å². The van der Waals surface area contributed by atoms with Crippen molar-refractivity contribution in [2.24, 2.45) is 17.1 Å². The van der Waals surface area contributed by atoms with E-state index in [0.717, 1.165) is 39.0 Å². The number of ether oxygens (including phenoxy) is 2. The van der Waals surface area contributed by atoms with Crippen LogP contribution in [0.2, 0.25) is 0 Å². The summed E-state index contributed by atoms with van der Waals surface area (Å²) in [6, 6.07) is 0. The minimum Gasteiger partial charge on any atom is -0.348 e. The zero-order valence-corrected chi connectivity index (χ0v) is 9.21. The first-order valence-corrected chi connectivity index (χ1v) is 5.56. The van der Waals surface area contributed by atoms with Crippen LogP contribution >= 0.6 is 0 Å². The Morgan fingerprint density at radius 3 is 2.43 bits per heavy atom. The molecule has 3 nitrogen and oxygen atoms in total. The molecule has 2 rings (SSSR count). The summed E-state index contributed by atoms with van der Waals surface area (Å²) in [7, 11) is 0. The second-order valence-corrected chi connectivity index (χ2v) is 5.23. The van der Waals surface area contributed by atoms with E-state index in [9.17, 15) is 0 Å². The number of hydrogen-bond donors (Lipinski definition) is 1. The van der Waals surface area contributed by atoms with E-state index in [2.05, 4.69) is 13.8 Å².